The Morgan fingerprint density at radius 3 is 1.92 bits per heavy atom. The Bertz CT molecular complexity index is 232. The van der Waals surface area contributed by atoms with Crippen LogP contribution in [0, 0.1) is 0 Å². The zero-order chi connectivity index (χ0) is 8.54. The zero-order valence-corrected chi connectivity index (χ0v) is 8.88. The Morgan fingerprint density at radius 2 is 1.75 bits per heavy atom. The van der Waals surface area contributed by atoms with Crippen LogP contribution in [0.4, 0.5) is 0 Å². The molecule has 0 unspecified atom stereocenters. The summed E-state index contributed by atoms with van der Waals surface area (Å²) in [6.07, 6.45) is 4.81. The van der Waals surface area contributed by atoms with E-state index in [2.05, 4.69) is 0 Å². The van der Waals surface area contributed by atoms with E-state index in [1.807, 2.05) is 0 Å². The normalized spacial score (nSPS) is 21.8. The molecule has 1 aliphatic rings. The van der Waals surface area contributed by atoms with Crippen LogP contribution in [0.25, 0.3) is 0 Å². The van der Waals surface area contributed by atoms with Crippen LogP contribution in [0.1, 0.15) is 25.7 Å². The van der Waals surface area contributed by atoms with Crippen LogP contribution < -0.4 is 5.73 Å². The Kier molecular flexibility index (Phi) is 4.00. The van der Waals surface area contributed by atoms with Gasteiger partial charge in [0, 0.05) is 12.8 Å². The molecule has 0 aromatic rings. The van der Waals surface area contributed by atoms with E-state index < -0.39 is 14.6 Å². The van der Waals surface area contributed by atoms with Gasteiger partial charge in [0.25, 0.3) is 0 Å². The van der Waals surface area contributed by atoms with E-state index in [4.69, 9.17) is 5.73 Å². The van der Waals surface area contributed by atoms with E-state index in [1.165, 1.54) is 6.26 Å². The van der Waals surface area contributed by atoms with Crippen LogP contribution in [0.5, 0.6) is 0 Å². The van der Waals surface area contributed by atoms with Crippen molar-refractivity contribution in [3.8, 4) is 0 Å². The first-order chi connectivity index (χ1) is 5.02. The molecule has 74 valence electrons. The monoisotopic (exact) mass is 213 g/mol. The molecule has 1 fully saturated rings. The second-order valence-corrected chi connectivity index (χ2v) is 5.78. The van der Waals surface area contributed by atoms with Crippen LogP contribution in [0.2, 0.25) is 0 Å². The van der Waals surface area contributed by atoms with Crippen molar-refractivity contribution >= 4 is 22.2 Å². The molecule has 1 saturated carbocycles. The molecule has 0 aromatic carbocycles. The molecule has 3 nitrogen and oxygen atoms in total. The van der Waals surface area contributed by atoms with Gasteiger partial charge in [-0.2, -0.15) is 0 Å². The van der Waals surface area contributed by atoms with Gasteiger partial charge in [-0.3, -0.25) is 0 Å². The van der Waals surface area contributed by atoms with Crippen molar-refractivity contribution in [3.05, 3.63) is 0 Å². The van der Waals surface area contributed by atoms with Crippen molar-refractivity contribution < 1.29 is 8.42 Å². The minimum Gasteiger partial charge on any atom is -0.329 e. The molecule has 0 saturated heterocycles. The van der Waals surface area contributed by atoms with Gasteiger partial charge in [-0.05, 0) is 12.8 Å². The molecule has 1 aliphatic carbocycles. The van der Waals surface area contributed by atoms with Crippen molar-refractivity contribution in [2.45, 2.75) is 30.4 Å². The lowest BCUT2D eigenvalue weighted by Gasteiger charge is -2.24. The van der Waals surface area contributed by atoms with Crippen LogP contribution >= 0.6 is 12.4 Å². The molecular weight excluding hydrogens is 198 g/mol. The average molecular weight is 214 g/mol. The highest BCUT2D eigenvalue weighted by molar-refractivity contribution is 7.92. The van der Waals surface area contributed by atoms with Crippen LogP contribution in [-0.2, 0) is 9.84 Å². The number of rotatable bonds is 2. The van der Waals surface area contributed by atoms with Gasteiger partial charge in [-0.1, -0.05) is 12.8 Å². The molecule has 0 radical (unpaired) electrons. The van der Waals surface area contributed by atoms with Gasteiger partial charge < -0.3 is 5.73 Å². The highest BCUT2D eigenvalue weighted by atomic mass is 35.5. The second-order valence-electron chi connectivity index (χ2n) is 3.37. The van der Waals surface area contributed by atoms with Gasteiger partial charge in [0.15, 0.2) is 9.84 Å². The molecule has 12 heavy (non-hydrogen) atoms. The number of hydrogen-bond acceptors (Lipinski definition) is 3. The molecule has 5 heteroatoms. The Balaban J connectivity index is 0.00000121. The van der Waals surface area contributed by atoms with Gasteiger partial charge >= 0.3 is 0 Å². The van der Waals surface area contributed by atoms with Gasteiger partial charge in [-0.25, -0.2) is 8.42 Å². The fraction of sp³-hybridized carbons (Fsp3) is 1.00. The molecule has 0 aromatic heterocycles. The highest BCUT2D eigenvalue weighted by Crippen LogP contribution is 2.35. The first-order valence-electron chi connectivity index (χ1n) is 3.91. The Morgan fingerprint density at radius 1 is 1.33 bits per heavy atom. The van der Waals surface area contributed by atoms with Crippen molar-refractivity contribution in [1.29, 1.82) is 0 Å². The van der Waals surface area contributed by atoms with Crippen LogP contribution in [0.15, 0.2) is 0 Å². The molecule has 0 heterocycles. The quantitative estimate of drug-likeness (QED) is 0.736. The summed E-state index contributed by atoms with van der Waals surface area (Å²) >= 11 is 0. The summed E-state index contributed by atoms with van der Waals surface area (Å²) in [5.41, 5.74) is 5.48. The Labute approximate surface area is 80.0 Å². The predicted molar refractivity (Wildman–Crippen MR) is 52.3 cm³/mol. The smallest absolute Gasteiger partial charge is 0.154 e. The van der Waals surface area contributed by atoms with Crippen LogP contribution in [0.3, 0.4) is 0 Å². The lowest BCUT2D eigenvalue weighted by molar-refractivity contribution is 0.520. The third kappa shape index (κ3) is 1.92. The second kappa shape index (κ2) is 3.94. The molecule has 0 aliphatic heterocycles. The molecule has 0 spiro atoms. The van der Waals surface area contributed by atoms with Gasteiger partial charge in [0.05, 0.1) is 4.75 Å². The van der Waals surface area contributed by atoms with Crippen molar-refractivity contribution in [3.63, 3.8) is 0 Å². The SMILES string of the molecule is CS(=O)(=O)C1(CN)CCCC1.Cl. The predicted octanol–water partition coefficient (Wildman–Crippen LogP) is 0.724. The molecular formula is C7H16ClNO2S. The maximum absolute atomic E-state index is 11.3. The fourth-order valence-corrected chi connectivity index (χ4v) is 3.08. The highest BCUT2D eigenvalue weighted by Gasteiger charge is 2.41. The molecule has 0 amide bonds. The fourth-order valence-electron chi connectivity index (χ4n) is 1.75. The van der Waals surface area contributed by atoms with E-state index >= 15 is 0 Å². The first kappa shape index (κ1) is 12.2. The minimum absolute atomic E-state index is 0. The van der Waals surface area contributed by atoms with Crippen molar-refractivity contribution in [1.82, 2.24) is 0 Å². The zero-order valence-electron chi connectivity index (χ0n) is 7.25. The molecule has 0 bridgehead atoms. The standard InChI is InChI=1S/C7H15NO2S.ClH/c1-11(9,10)7(6-8)4-2-3-5-7;/h2-6,8H2,1H3;1H. The first-order valence-corrected chi connectivity index (χ1v) is 5.81. The van der Waals surface area contributed by atoms with E-state index in [1.54, 1.807) is 0 Å². The summed E-state index contributed by atoms with van der Waals surface area (Å²) in [5, 5.41) is 0. The van der Waals surface area contributed by atoms with Gasteiger partial charge in [0.1, 0.15) is 0 Å². The number of hydrogen-bond donors (Lipinski definition) is 1. The van der Waals surface area contributed by atoms with E-state index in [0.717, 1.165) is 25.7 Å². The number of sulfone groups is 1. The Hall–Kier alpha value is 0.200. The minimum atomic E-state index is -2.94. The van der Waals surface area contributed by atoms with Crippen molar-refractivity contribution in [2.24, 2.45) is 5.73 Å². The van der Waals surface area contributed by atoms with E-state index in [-0.39, 0.29) is 19.0 Å². The molecule has 2 N–H and O–H groups in total. The largest absolute Gasteiger partial charge is 0.329 e. The summed E-state index contributed by atoms with van der Waals surface area (Å²) in [4.78, 5) is 0. The van der Waals surface area contributed by atoms with Gasteiger partial charge in [0.2, 0.25) is 0 Å². The maximum atomic E-state index is 11.3. The summed E-state index contributed by atoms with van der Waals surface area (Å²) in [6, 6.07) is 0. The summed E-state index contributed by atoms with van der Waals surface area (Å²) < 4.78 is 22.0. The maximum Gasteiger partial charge on any atom is 0.154 e. The van der Waals surface area contributed by atoms with E-state index in [9.17, 15) is 8.42 Å². The number of nitrogens with two attached hydrogens (primary N) is 1. The van der Waals surface area contributed by atoms with E-state index in [0.29, 0.717) is 0 Å². The summed E-state index contributed by atoms with van der Waals surface area (Å²) in [6.45, 7) is 0.284. The summed E-state index contributed by atoms with van der Waals surface area (Å²) in [7, 11) is -2.94. The average Bonchev–Trinajstić information content (AvgIpc) is 2.33. The lowest BCUT2D eigenvalue weighted by Crippen LogP contribution is -2.42. The van der Waals surface area contributed by atoms with Crippen LogP contribution in [-0.4, -0.2) is 26.0 Å². The number of halogens is 1. The third-order valence-corrected chi connectivity index (χ3v) is 4.82. The topological polar surface area (TPSA) is 60.2 Å². The third-order valence-electron chi connectivity index (χ3n) is 2.67. The molecule has 1 rings (SSSR count). The van der Waals surface area contributed by atoms with Crippen molar-refractivity contribution in [2.75, 3.05) is 12.8 Å². The lowest BCUT2D eigenvalue weighted by atomic mass is 10.1. The van der Waals surface area contributed by atoms with Gasteiger partial charge in [-0.15, -0.1) is 12.4 Å². The molecule has 0 atom stereocenters. The summed E-state index contributed by atoms with van der Waals surface area (Å²) in [5.74, 6) is 0.